The molecule has 3 N–H and O–H groups in total. The Morgan fingerprint density at radius 1 is 1.40 bits per heavy atom. The molecule has 6 heteroatoms. The summed E-state index contributed by atoms with van der Waals surface area (Å²) in [7, 11) is 0. The van der Waals surface area contributed by atoms with E-state index in [-0.39, 0.29) is 12.3 Å². The van der Waals surface area contributed by atoms with Crippen LogP contribution in [0.25, 0.3) is 0 Å². The minimum atomic E-state index is -0.752. The van der Waals surface area contributed by atoms with Crippen LogP contribution in [0.15, 0.2) is 17.5 Å². The summed E-state index contributed by atoms with van der Waals surface area (Å²) in [5.74, 6) is -0.415. The maximum Gasteiger partial charge on any atom is 0.303 e. The number of hydrogen-bond acceptors (Lipinski definition) is 4. The number of thiophene rings is 1. The first-order valence-corrected chi connectivity index (χ1v) is 7.67. The molecule has 112 valence electrons. The highest BCUT2D eigenvalue weighted by Gasteiger charge is 2.06. The zero-order chi connectivity index (χ0) is 14.8. The molecule has 1 rings (SSSR count). The van der Waals surface area contributed by atoms with E-state index in [2.05, 4.69) is 10.6 Å². The molecule has 0 saturated carbocycles. The van der Waals surface area contributed by atoms with Crippen molar-refractivity contribution in [3.8, 4) is 0 Å². The van der Waals surface area contributed by atoms with Crippen LogP contribution in [0.5, 0.6) is 0 Å². The number of carbonyl (C=O) groups is 2. The zero-order valence-corrected chi connectivity index (χ0v) is 12.5. The molecule has 0 fully saturated rings. The second-order valence-corrected chi connectivity index (χ2v) is 5.89. The molecule has 0 saturated heterocycles. The van der Waals surface area contributed by atoms with Gasteiger partial charge in [0, 0.05) is 11.3 Å². The maximum atomic E-state index is 11.6. The fraction of sp³-hybridized carbons (Fsp3) is 0.571. The number of aliphatic carboxylic acids is 1. The van der Waals surface area contributed by atoms with Crippen molar-refractivity contribution in [3.05, 3.63) is 22.4 Å². The normalized spacial score (nSPS) is 12.1. The number of nitrogens with one attached hydrogen (secondary N) is 2. The molecule has 0 aromatic carbocycles. The standard InChI is InChI=1S/C14H22N2O3S/c1-11(4-5-14(18)19)6-7-15-10-13(17)16-9-12-3-2-8-20-12/h2-3,8,11,15H,4-7,9-10H2,1H3,(H,16,17)(H,18,19). The van der Waals surface area contributed by atoms with Gasteiger partial charge in [0.15, 0.2) is 0 Å². The smallest absolute Gasteiger partial charge is 0.303 e. The predicted octanol–water partition coefficient (Wildman–Crippen LogP) is 1.84. The summed E-state index contributed by atoms with van der Waals surface area (Å²) < 4.78 is 0. The molecular formula is C14H22N2O3S. The van der Waals surface area contributed by atoms with Crippen LogP contribution in [0.4, 0.5) is 0 Å². The van der Waals surface area contributed by atoms with Crippen LogP contribution in [-0.2, 0) is 16.1 Å². The second-order valence-electron chi connectivity index (χ2n) is 4.86. The molecule has 0 radical (unpaired) electrons. The fourth-order valence-electron chi connectivity index (χ4n) is 1.73. The molecule has 1 heterocycles. The van der Waals surface area contributed by atoms with E-state index in [1.165, 1.54) is 0 Å². The van der Waals surface area contributed by atoms with Gasteiger partial charge in [-0.25, -0.2) is 0 Å². The Kier molecular flexibility index (Phi) is 7.91. The highest BCUT2D eigenvalue weighted by molar-refractivity contribution is 7.09. The Morgan fingerprint density at radius 2 is 2.20 bits per heavy atom. The number of rotatable bonds is 10. The lowest BCUT2D eigenvalue weighted by molar-refractivity contribution is -0.137. The minimum absolute atomic E-state index is 0.0170. The highest BCUT2D eigenvalue weighted by Crippen LogP contribution is 2.09. The van der Waals surface area contributed by atoms with Crippen molar-refractivity contribution in [2.75, 3.05) is 13.1 Å². The molecule has 0 spiro atoms. The lowest BCUT2D eigenvalue weighted by Gasteiger charge is -2.10. The van der Waals surface area contributed by atoms with Gasteiger partial charge >= 0.3 is 5.97 Å². The van der Waals surface area contributed by atoms with Gasteiger partial charge in [-0.05, 0) is 36.8 Å². The van der Waals surface area contributed by atoms with Gasteiger partial charge in [0.1, 0.15) is 0 Å². The van der Waals surface area contributed by atoms with E-state index in [0.29, 0.717) is 25.4 Å². The summed E-state index contributed by atoms with van der Waals surface area (Å²) in [4.78, 5) is 23.1. The Balaban J connectivity index is 2.00. The van der Waals surface area contributed by atoms with E-state index in [1.807, 2.05) is 24.4 Å². The van der Waals surface area contributed by atoms with Gasteiger partial charge in [0.2, 0.25) is 5.91 Å². The van der Waals surface area contributed by atoms with Crippen LogP contribution in [0.3, 0.4) is 0 Å². The summed E-state index contributed by atoms with van der Waals surface area (Å²) in [5, 5.41) is 16.5. The van der Waals surface area contributed by atoms with Gasteiger partial charge < -0.3 is 15.7 Å². The molecule has 1 aromatic heterocycles. The molecule has 20 heavy (non-hydrogen) atoms. The van der Waals surface area contributed by atoms with Crippen molar-refractivity contribution in [1.82, 2.24) is 10.6 Å². The third-order valence-electron chi connectivity index (χ3n) is 2.99. The number of carboxylic acids is 1. The predicted molar refractivity (Wildman–Crippen MR) is 79.7 cm³/mol. The van der Waals surface area contributed by atoms with Crippen molar-refractivity contribution < 1.29 is 14.7 Å². The van der Waals surface area contributed by atoms with Gasteiger partial charge in [-0.1, -0.05) is 13.0 Å². The minimum Gasteiger partial charge on any atom is -0.481 e. The summed E-state index contributed by atoms with van der Waals surface area (Å²) in [6.07, 6.45) is 1.77. The summed E-state index contributed by atoms with van der Waals surface area (Å²) >= 11 is 1.62. The molecule has 0 bridgehead atoms. The molecular weight excluding hydrogens is 276 g/mol. The molecule has 1 amide bonds. The topological polar surface area (TPSA) is 78.4 Å². The van der Waals surface area contributed by atoms with E-state index in [4.69, 9.17) is 5.11 Å². The van der Waals surface area contributed by atoms with Gasteiger partial charge in [0.05, 0.1) is 13.1 Å². The first kappa shape index (κ1) is 16.7. The lowest BCUT2D eigenvalue weighted by atomic mass is 10.0. The molecule has 1 atom stereocenters. The molecule has 1 aromatic rings. The number of carbonyl (C=O) groups excluding carboxylic acids is 1. The van der Waals surface area contributed by atoms with Gasteiger partial charge in [-0.3, -0.25) is 9.59 Å². The average molecular weight is 298 g/mol. The Bertz CT molecular complexity index is 407. The lowest BCUT2D eigenvalue weighted by Crippen LogP contribution is -2.34. The Labute approximate surface area is 123 Å². The SMILES string of the molecule is CC(CCNCC(=O)NCc1cccs1)CCC(=O)O. The zero-order valence-electron chi connectivity index (χ0n) is 11.7. The molecule has 5 nitrogen and oxygen atoms in total. The van der Waals surface area contributed by atoms with Crippen molar-refractivity contribution in [2.24, 2.45) is 5.92 Å². The highest BCUT2D eigenvalue weighted by atomic mass is 32.1. The number of amides is 1. The molecule has 0 aliphatic carbocycles. The van der Waals surface area contributed by atoms with E-state index >= 15 is 0 Å². The third-order valence-corrected chi connectivity index (χ3v) is 3.87. The van der Waals surface area contributed by atoms with Crippen molar-refractivity contribution in [3.63, 3.8) is 0 Å². The number of hydrogen-bond donors (Lipinski definition) is 3. The third kappa shape index (κ3) is 7.91. The van der Waals surface area contributed by atoms with Crippen molar-refractivity contribution in [1.29, 1.82) is 0 Å². The van der Waals surface area contributed by atoms with Crippen LogP contribution in [-0.4, -0.2) is 30.1 Å². The Morgan fingerprint density at radius 3 is 2.85 bits per heavy atom. The van der Waals surface area contributed by atoms with Crippen molar-refractivity contribution in [2.45, 2.75) is 32.7 Å². The first-order chi connectivity index (χ1) is 9.58. The van der Waals surface area contributed by atoms with Crippen molar-refractivity contribution >= 4 is 23.2 Å². The van der Waals surface area contributed by atoms with E-state index in [0.717, 1.165) is 17.8 Å². The van der Waals surface area contributed by atoms with Crippen LogP contribution in [0.2, 0.25) is 0 Å². The van der Waals surface area contributed by atoms with Gasteiger partial charge in [0.25, 0.3) is 0 Å². The fourth-order valence-corrected chi connectivity index (χ4v) is 2.37. The summed E-state index contributed by atoms with van der Waals surface area (Å²) in [6.45, 7) is 3.64. The van der Waals surface area contributed by atoms with Gasteiger partial charge in [-0.15, -0.1) is 11.3 Å². The van der Waals surface area contributed by atoms with Crippen LogP contribution in [0, 0.1) is 5.92 Å². The maximum absolute atomic E-state index is 11.6. The molecule has 1 unspecified atom stereocenters. The van der Waals surface area contributed by atoms with Crippen LogP contribution >= 0.6 is 11.3 Å². The van der Waals surface area contributed by atoms with E-state index in [9.17, 15) is 9.59 Å². The van der Waals surface area contributed by atoms with Gasteiger partial charge in [-0.2, -0.15) is 0 Å². The van der Waals surface area contributed by atoms with E-state index < -0.39 is 5.97 Å². The summed E-state index contributed by atoms with van der Waals surface area (Å²) in [5.41, 5.74) is 0. The quantitative estimate of drug-likeness (QED) is 0.576. The monoisotopic (exact) mass is 298 g/mol. The first-order valence-electron chi connectivity index (χ1n) is 6.79. The Hall–Kier alpha value is -1.40. The second kappa shape index (κ2) is 9.50. The average Bonchev–Trinajstić information content (AvgIpc) is 2.92. The largest absolute Gasteiger partial charge is 0.481 e. The molecule has 0 aliphatic rings. The van der Waals surface area contributed by atoms with Crippen LogP contribution in [0.1, 0.15) is 31.1 Å². The van der Waals surface area contributed by atoms with E-state index in [1.54, 1.807) is 11.3 Å². The van der Waals surface area contributed by atoms with Crippen LogP contribution < -0.4 is 10.6 Å². The number of carboxylic acid groups (broad SMARTS) is 1. The summed E-state index contributed by atoms with van der Waals surface area (Å²) in [6, 6.07) is 3.95. The molecule has 0 aliphatic heterocycles.